The third-order valence-corrected chi connectivity index (χ3v) is 4.88. The molecule has 2 rings (SSSR count). The van der Waals surface area contributed by atoms with Crippen molar-refractivity contribution in [2.75, 3.05) is 33.9 Å². The van der Waals surface area contributed by atoms with Gasteiger partial charge in [-0.15, -0.1) is 0 Å². The molecular formula is C20H31N4O4+. The summed E-state index contributed by atoms with van der Waals surface area (Å²) in [6, 6.07) is 7.25. The van der Waals surface area contributed by atoms with Crippen LogP contribution >= 0.6 is 0 Å². The molecule has 28 heavy (non-hydrogen) atoms. The van der Waals surface area contributed by atoms with Crippen LogP contribution in [0, 0.1) is 0 Å². The number of nitrogens with one attached hydrogen (secondary N) is 3. The van der Waals surface area contributed by atoms with Crippen molar-refractivity contribution in [3.63, 3.8) is 0 Å². The van der Waals surface area contributed by atoms with E-state index in [-0.39, 0.29) is 25.0 Å². The Labute approximate surface area is 166 Å². The first-order valence-corrected chi connectivity index (χ1v) is 9.64. The lowest BCUT2D eigenvalue weighted by Gasteiger charge is -2.23. The maximum Gasteiger partial charge on any atom is 0.329 e. The van der Waals surface area contributed by atoms with Crippen LogP contribution in [0.4, 0.5) is 4.79 Å². The van der Waals surface area contributed by atoms with Gasteiger partial charge in [0.1, 0.15) is 11.3 Å². The quantitative estimate of drug-likeness (QED) is 0.487. The molecule has 1 fully saturated rings. The summed E-state index contributed by atoms with van der Waals surface area (Å²) < 4.78 is 5.15. The van der Waals surface area contributed by atoms with Gasteiger partial charge in [0.25, 0.3) is 11.8 Å². The number of nitrogens with zero attached hydrogens (tertiary/aromatic N) is 1. The molecule has 1 aromatic carbocycles. The molecule has 0 aromatic heterocycles. The van der Waals surface area contributed by atoms with Crippen molar-refractivity contribution in [1.82, 2.24) is 15.5 Å². The Morgan fingerprint density at radius 2 is 1.96 bits per heavy atom. The van der Waals surface area contributed by atoms with Crippen LogP contribution in [0.25, 0.3) is 0 Å². The second-order valence-corrected chi connectivity index (χ2v) is 7.49. The minimum absolute atomic E-state index is 0.0892. The SMILES string of the molecule is CCCNC(=O)C[NH+](C)CN1C(=O)N[C@](C)(CCc2ccc(OC)cc2)C1=O. The topological polar surface area (TPSA) is 92.2 Å². The molecule has 8 nitrogen and oxygen atoms in total. The predicted octanol–water partition coefficient (Wildman–Crippen LogP) is -0.0633. The number of rotatable bonds is 10. The number of carbonyl (C=O) groups is 3. The molecule has 1 heterocycles. The van der Waals surface area contributed by atoms with Gasteiger partial charge in [0.2, 0.25) is 0 Å². The summed E-state index contributed by atoms with van der Waals surface area (Å²) in [5.41, 5.74) is 0.125. The Hall–Kier alpha value is -2.61. The average molecular weight is 391 g/mol. The van der Waals surface area contributed by atoms with Gasteiger partial charge in [-0.1, -0.05) is 19.1 Å². The van der Waals surface area contributed by atoms with Crippen LogP contribution in [0.2, 0.25) is 0 Å². The highest BCUT2D eigenvalue weighted by molar-refractivity contribution is 6.06. The minimum Gasteiger partial charge on any atom is -0.497 e. The fraction of sp³-hybridized carbons (Fsp3) is 0.550. The van der Waals surface area contributed by atoms with E-state index in [0.717, 1.165) is 22.6 Å². The maximum absolute atomic E-state index is 12.9. The van der Waals surface area contributed by atoms with Gasteiger partial charge in [-0.05, 0) is 43.9 Å². The van der Waals surface area contributed by atoms with E-state index in [4.69, 9.17) is 4.74 Å². The van der Waals surface area contributed by atoms with Gasteiger partial charge in [0, 0.05) is 6.54 Å². The molecule has 0 bridgehead atoms. The molecule has 1 unspecified atom stereocenters. The molecule has 1 aromatic rings. The van der Waals surface area contributed by atoms with E-state index >= 15 is 0 Å². The lowest BCUT2D eigenvalue weighted by molar-refractivity contribution is -0.879. The van der Waals surface area contributed by atoms with Crippen LogP contribution in [-0.2, 0) is 16.0 Å². The Bertz CT molecular complexity index is 707. The number of aryl methyl sites for hydroxylation is 1. The zero-order valence-corrected chi connectivity index (χ0v) is 17.1. The molecule has 1 aliphatic rings. The third-order valence-electron chi connectivity index (χ3n) is 4.88. The van der Waals surface area contributed by atoms with Crippen molar-refractivity contribution >= 4 is 17.8 Å². The maximum atomic E-state index is 12.9. The lowest BCUT2D eigenvalue weighted by atomic mass is 9.93. The first kappa shape index (κ1) is 21.7. The summed E-state index contributed by atoms with van der Waals surface area (Å²) >= 11 is 0. The number of likely N-dealkylation sites (N-methyl/N-ethyl adjacent to an activating group) is 1. The summed E-state index contributed by atoms with van der Waals surface area (Å²) in [6.45, 7) is 4.72. The molecule has 0 spiro atoms. The van der Waals surface area contributed by atoms with Crippen molar-refractivity contribution in [3.8, 4) is 5.75 Å². The van der Waals surface area contributed by atoms with Crippen molar-refractivity contribution in [2.24, 2.45) is 0 Å². The number of hydrogen-bond acceptors (Lipinski definition) is 4. The predicted molar refractivity (Wildman–Crippen MR) is 105 cm³/mol. The number of hydrogen-bond donors (Lipinski definition) is 3. The van der Waals surface area contributed by atoms with E-state index in [9.17, 15) is 14.4 Å². The molecule has 8 heteroatoms. The van der Waals surface area contributed by atoms with E-state index in [0.29, 0.717) is 19.4 Å². The second kappa shape index (κ2) is 9.54. The minimum atomic E-state index is -0.943. The highest BCUT2D eigenvalue weighted by atomic mass is 16.5. The summed E-state index contributed by atoms with van der Waals surface area (Å²) in [6.07, 6.45) is 2.02. The van der Waals surface area contributed by atoms with E-state index in [1.165, 1.54) is 4.90 Å². The highest BCUT2D eigenvalue weighted by Crippen LogP contribution is 2.23. The molecule has 1 saturated heterocycles. The van der Waals surface area contributed by atoms with Crippen molar-refractivity contribution in [2.45, 2.75) is 38.6 Å². The number of carbonyl (C=O) groups excluding carboxylic acids is 3. The third kappa shape index (κ3) is 5.45. The Morgan fingerprint density at radius 1 is 1.29 bits per heavy atom. The Balaban J connectivity index is 1.92. The monoisotopic (exact) mass is 391 g/mol. The average Bonchev–Trinajstić information content (AvgIpc) is 2.88. The molecule has 154 valence electrons. The van der Waals surface area contributed by atoms with Gasteiger partial charge in [0.15, 0.2) is 13.2 Å². The van der Waals surface area contributed by atoms with E-state index in [1.807, 2.05) is 31.2 Å². The number of imide groups is 1. The molecule has 3 N–H and O–H groups in total. The number of urea groups is 1. The Kier molecular flexibility index (Phi) is 7.39. The van der Waals surface area contributed by atoms with Gasteiger partial charge in [-0.3, -0.25) is 9.59 Å². The number of ether oxygens (including phenoxy) is 1. The Morgan fingerprint density at radius 3 is 2.57 bits per heavy atom. The fourth-order valence-electron chi connectivity index (χ4n) is 3.17. The van der Waals surface area contributed by atoms with Crippen molar-refractivity contribution in [1.29, 1.82) is 0 Å². The van der Waals surface area contributed by atoms with E-state index in [2.05, 4.69) is 10.6 Å². The number of methoxy groups -OCH3 is 1. The molecule has 4 amide bonds. The van der Waals surface area contributed by atoms with Crippen molar-refractivity contribution < 1.29 is 24.0 Å². The van der Waals surface area contributed by atoms with Crippen LogP contribution in [-0.4, -0.2) is 62.2 Å². The highest BCUT2D eigenvalue weighted by Gasteiger charge is 2.48. The molecular weight excluding hydrogens is 360 g/mol. The zero-order valence-electron chi connectivity index (χ0n) is 17.1. The van der Waals surface area contributed by atoms with Crippen molar-refractivity contribution in [3.05, 3.63) is 29.8 Å². The first-order chi connectivity index (χ1) is 13.3. The fourth-order valence-corrected chi connectivity index (χ4v) is 3.17. The zero-order chi connectivity index (χ0) is 20.7. The van der Waals surface area contributed by atoms with Gasteiger partial charge in [-0.25, -0.2) is 9.69 Å². The van der Waals surface area contributed by atoms with Gasteiger partial charge >= 0.3 is 6.03 Å². The molecule has 0 aliphatic carbocycles. The van der Waals surface area contributed by atoms with Gasteiger partial charge in [-0.2, -0.15) is 0 Å². The van der Waals surface area contributed by atoms with Crippen LogP contribution < -0.4 is 20.3 Å². The smallest absolute Gasteiger partial charge is 0.329 e. The van der Waals surface area contributed by atoms with E-state index in [1.54, 1.807) is 21.1 Å². The first-order valence-electron chi connectivity index (χ1n) is 9.64. The van der Waals surface area contributed by atoms with Crippen LogP contribution in [0.1, 0.15) is 32.3 Å². The van der Waals surface area contributed by atoms with Gasteiger partial charge in [0.05, 0.1) is 14.2 Å². The number of benzene rings is 1. The lowest BCUT2D eigenvalue weighted by Crippen LogP contribution is -3.12. The summed E-state index contributed by atoms with van der Waals surface area (Å²) in [5, 5.41) is 5.62. The summed E-state index contributed by atoms with van der Waals surface area (Å²) in [4.78, 5) is 39.0. The normalized spacial score (nSPS) is 20.1. The van der Waals surface area contributed by atoms with Crippen LogP contribution in [0.15, 0.2) is 24.3 Å². The summed E-state index contributed by atoms with van der Waals surface area (Å²) in [5.74, 6) is 0.438. The number of amides is 4. The van der Waals surface area contributed by atoms with Crippen LogP contribution in [0.3, 0.4) is 0 Å². The molecule has 0 radical (unpaired) electrons. The van der Waals surface area contributed by atoms with Crippen LogP contribution in [0.5, 0.6) is 5.75 Å². The molecule has 2 atom stereocenters. The second-order valence-electron chi connectivity index (χ2n) is 7.49. The number of quaternary nitrogens is 1. The standard InChI is InChI=1S/C20H30N4O4/c1-5-12-21-17(25)13-23(3)14-24-18(26)20(2,22-19(24)27)11-10-15-6-8-16(28-4)9-7-15/h6-9H,5,10-14H2,1-4H3,(H,21,25)(H,22,27)/p+1/t20-/m1/s1. The van der Waals surface area contributed by atoms with E-state index < -0.39 is 11.6 Å². The molecule has 1 aliphatic heterocycles. The largest absolute Gasteiger partial charge is 0.497 e. The molecule has 0 saturated carbocycles. The van der Waals surface area contributed by atoms with Gasteiger partial charge < -0.3 is 20.3 Å². The summed E-state index contributed by atoms with van der Waals surface area (Å²) in [7, 11) is 3.41.